The van der Waals surface area contributed by atoms with Crippen molar-refractivity contribution in [3.8, 4) is 11.5 Å². The Hall–Kier alpha value is -3.80. The summed E-state index contributed by atoms with van der Waals surface area (Å²) in [5, 5.41) is 0. The molecular formula is C27H26N2O4. The molecule has 6 heteroatoms. The van der Waals surface area contributed by atoms with E-state index in [0.29, 0.717) is 28.3 Å². The Morgan fingerprint density at radius 3 is 2.33 bits per heavy atom. The van der Waals surface area contributed by atoms with E-state index in [1.165, 1.54) is 6.92 Å². The van der Waals surface area contributed by atoms with Gasteiger partial charge in [-0.1, -0.05) is 18.2 Å². The molecule has 1 atom stereocenters. The molecule has 5 rings (SSSR count). The van der Waals surface area contributed by atoms with E-state index < -0.39 is 5.60 Å². The molecule has 1 amide bonds. The van der Waals surface area contributed by atoms with Crippen molar-refractivity contribution in [3.05, 3.63) is 82.9 Å². The number of nitrogens with zero attached hydrogens (tertiary/aromatic N) is 2. The fourth-order valence-electron chi connectivity index (χ4n) is 4.83. The molecule has 0 aromatic heterocycles. The minimum Gasteiger partial charge on any atom is -0.456 e. The van der Waals surface area contributed by atoms with E-state index in [1.807, 2.05) is 54.6 Å². The van der Waals surface area contributed by atoms with Crippen molar-refractivity contribution >= 4 is 23.3 Å². The molecule has 2 heterocycles. The van der Waals surface area contributed by atoms with Gasteiger partial charge in [0.2, 0.25) is 5.91 Å². The number of amides is 1. The summed E-state index contributed by atoms with van der Waals surface area (Å²) < 4.78 is 12.6. The van der Waals surface area contributed by atoms with Crippen LogP contribution in [-0.2, 0) is 15.1 Å². The maximum absolute atomic E-state index is 13.0. The molecule has 3 aromatic carbocycles. The first-order valence-corrected chi connectivity index (χ1v) is 11.2. The van der Waals surface area contributed by atoms with Gasteiger partial charge in [-0.3, -0.25) is 4.79 Å². The maximum atomic E-state index is 13.0. The van der Waals surface area contributed by atoms with E-state index in [-0.39, 0.29) is 11.9 Å². The standard InChI is InChI=1S/C27H26N2O4/c1-5-29(6-2)19-11-13-22-25(16-19)32-24-14-12-18(28(4)17(3)30)15-23(24)27(22)21-10-8-7-9-20(21)26(31)33-27/h7-16H,5-6H2,1-4H3. The van der Waals surface area contributed by atoms with E-state index in [0.717, 1.165) is 29.9 Å². The number of carbonyl (C=O) groups is 2. The summed E-state index contributed by atoms with van der Waals surface area (Å²) in [6.07, 6.45) is 0. The summed E-state index contributed by atoms with van der Waals surface area (Å²) in [7, 11) is 1.72. The molecule has 1 spiro atoms. The number of fused-ring (bicyclic) bond motifs is 6. The topological polar surface area (TPSA) is 59.1 Å². The van der Waals surface area contributed by atoms with E-state index in [1.54, 1.807) is 18.0 Å². The van der Waals surface area contributed by atoms with Gasteiger partial charge in [0, 0.05) is 61.2 Å². The van der Waals surface area contributed by atoms with Crippen molar-refractivity contribution in [2.24, 2.45) is 0 Å². The molecular weight excluding hydrogens is 416 g/mol. The van der Waals surface area contributed by atoms with E-state index in [4.69, 9.17) is 9.47 Å². The Morgan fingerprint density at radius 1 is 0.879 bits per heavy atom. The predicted octanol–water partition coefficient (Wildman–Crippen LogP) is 5.08. The van der Waals surface area contributed by atoms with Gasteiger partial charge in [0.1, 0.15) is 11.5 Å². The number of rotatable bonds is 4. The second-order valence-electron chi connectivity index (χ2n) is 8.33. The minimum absolute atomic E-state index is 0.0891. The highest BCUT2D eigenvalue weighted by Crippen LogP contribution is 2.57. The SMILES string of the molecule is CCN(CC)c1ccc2c(c1)Oc1ccc(N(C)C(C)=O)cc1C21OC(=O)c2ccccc21. The van der Waals surface area contributed by atoms with Gasteiger partial charge in [-0.15, -0.1) is 0 Å². The zero-order valence-corrected chi connectivity index (χ0v) is 19.2. The van der Waals surface area contributed by atoms with Gasteiger partial charge in [-0.05, 0) is 50.2 Å². The van der Waals surface area contributed by atoms with Gasteiger partial charge < -0.3 is 19.3 Å². The fourth-order valence-corrected chi connectivity index (χ4v) is 4.83. The first kappa shape index (κ1) is 21.1. The Labute approximate surface area is 193 Å². The van der Waals surface area contributed by atoms with Crippen LogP contribution in [0.15, 0.2) is 60.7 Å². The molecule has 33 heavy (non-hydrogen) atoms. The third-order valence-corrected chi connectivity index (χ3v) is 6.67. The highest BCUT2D eigenvalue weighted by molar-refractivity contribution is 5.97. The molecule has 168 valence electrons. The first-order chi connectivity index (χ1) is 15.9. The zero-order valence-electron chi connectivity index (χ0n) is 19.2. The van der Waals surface area contributed by atoms with Crippen LogP contribution < -0.4 is 14.5 Å². The summed E-state index contributed by atoms with van der Waals surface area (Å²) in [6.45, 7) is 7.48. The number of ether oxygens (including phenoxy) is 2. The number of hydrogen-bond donors (Lipinski definition) is 0. The summed E-state index contributed by atoms with van der Waals surface area (Å²) in [5.74, 6) is 0.796. The van der Waals surface area contributed by atoms with Gasteiger partial charge in [-0.25, -0.2) is 4.79 Å². The van der Waals surface area contributed by atoms with Crippen molar-refractivity contribution in [1.82, 2.24) is 0 Å². The first-order valence-electron chi connectivity index (χ1n) is 11.2. The lowest BCUT2D eigenvalue weighted by molar-refractivity contribution is -0.116. The lowest BCUT2D eigenvalue weighted by Crippen LogP contribution is -2.34. The van der Waals surface area contributed by atoms with Gasteiger partial charge in [-0.2, -0.15) is 0 Å². The number of carbonyl (C=O) groups excluding carboxylic acids is 2. The molecule has 0 saturated heterocycles. The molecule has 0 aliphatic carbocycles. The van der Waals surface area contributed by atoms with Crippen LogP contribution in [0.25, 0.3) is 0 Å². The molecule has 2 aliphatic heterocycles. The van der Waals surface area contributed by atoms with Crippen LogP contribution in [-0.4, -0.2) is 32.0 Å². The Balaban J connectivity index is 1.79. The summed E-state index contributed by atoms with van der Waals surface area (Å²) in [5.41, 5.74) is 3.39. The monoisotopic (exact) mass is 442 g/mol. The summed E-state index contributed by atoms with van der Waals surface area (Å²) in [6, 6.07) is 19.1. The average molecular weight is 443 g/mol. The highest BCUT2D eigenvalue weighted by Gasteiger charge is 2.53. The Morgan fingerprint density at radius 2 is 1.61 bits per heavy atom. The second-order valence-corrected chi connectivity index (χ2v) is 8.33. The lowest BCUT2D eigenvalue weighted by atomic mass is 9.77. The summed E-state index contributed by atoms with van der Waals surface area (Å²) >= 11 is 0. The number of anilines is 2. The minimum atomic E-state index is -1.15. The molecule has 1 unspecified atom stereocenters. The highest BCUT2D eigenvalue weighted by atomic mass is 16.6. The van der Waals surface area contributed by atoms with Crippen LogP contribution in [0.5, 0.6) is 11.5 Å². The van der Waals surface area contributed by atoms with E-state index >= 15 is 0 Å². The molecule has 3 aromatic rings. The van der Waals surface area contributed by atoms with Gasteiger partial charge >= 0.3 is 5.97 Å². The Bertz CT molecular complexity index is 1280. The van der Waals surface area contributed by atoms with Gasteiger partial charge in [0.05, 0.1) is 5.56 Å². The number of benzene rings is 3. The third-order valence-electron chi connectivity index (χ3n) is 6.67. The molecule has 6 nitrogen and oxygen atoms in total. The predicted molar refractivity (Wildman–Crippen MR) is 127 cm³/mol. The molecule has 0 bridgehead atoms. The van der Waals surface area contributed by atoms with Crippen molar-refractivity contribution in [1.29, 1.82) is 0 Å². The van der Waals surface area contributed by atoms with Crippen molar-refractivity contribution in [3.63, 3.8) is 0 Å². The van der Waals surface area contributed by atoms with E-state index in [9.17, 15) is 9.59 Å². The van der Waals surface area contributed by atoms with Gasteiger partial charge in [0.15, 0.2) is 5.60 Å². The van der Waals surface area contributed by atoms with Crippen LogP contribution in [0, 0.1) is 0 Å². The molecule has 2 aliphatic rings. The molecule has 0 fully saturated rings. The normalized spacial score (nSPS) is 17.5. The van der Waals surface area contributed by atoms with E-state index in [2.05, 4.69) is 18.7 Å². The molecule has 0 radical (unpaired) electrons. The van der Waals surface area contributed by atoms with Crippen molar-refractivity contribution in [2.75, 3.05) is 29.9 Å². The van der Waals surface area contributed by atoms with Crippen LogP contribution in [0.2, 0.25) is 0 Å². The number of hydrogen-bond acceptors (Lipinski definition) is 5. The third kappa shape index (κ3) is 3.01. The smallest absolute Gasteiger partial charge is 0.340 e. The lowest BCUT2D eigenvalue weighted by Gasteiger charge is -2.37. The van der Waals surface area contributed by atoms with Crippen LogP contribution in [0.4, 0.5) is 11.4 Å². The van der Waals surface area contributed by atoms with Crippen LogP contribution >= 0.6 is 0 Å². The maximum Gasteiger partial charge on any atom is 0.340 e. The average Bonchev–Trinajstić information content (AvgIpc) is 3.12. The quantitative estimate of drug-likeness (QED) is 0.527. The molecule has 0 saturated carbocycles. The van der Waals surface area contributed by atoms with Crippen LogP contribution in [0.3, 0.4) is 0 Å². The fraction of sp³-hybridized carbons (Fsp3) is 0.259. The van der Waals surface area contributed by atoms with Crippen LogP contribution in [0.1, 0.15) is 47.8 Å². The Kier molecular flexibility index (Phi) is 4.89. The summed E-state index contributed by atoms with van der Waals surface area (Å²) in [4.78, 5) is 28.9. The largest absolute Gasteiger partial charge is 0.456 e. The zero-order chi connectivity index (χ0) is 23.3. The molecule has 0 N–H and O–H groups in total. The van der Waals surface area contributed by atoms with Crippen molar-refractivity contribution in [2.45, 2.75) is 26.4 Å². The van der Waals surface area contributed by atoms with Gasteiger partial charge in [0.25, 0.3) is 0 Å². The second kappa shape index (κ2) is 7.66. The number of esters is 1. The van der Waals surface area contributed by atoms with Crippen molar-refractivity contribution < 1.29 is 19.1 Å².